The van der Waals surface area contributed by atoms with E-state index in [1.165, 1.54) is 5.69 Å². The Bertz CT molecular complexity index is 278. The van der Waals surface area contributed by atoms with E-state index >= 15 is 0 Å². The number of piperazine rings is 1. The molecule has 15 heavy (non-hydrogen) atoms. The van der Waals surface area contributed by atoms with Crippen LogP contribution in [0.3, 0.4) is 0 Å². The van der Waals surface area contributed by atoms with Crippen LogP contribution >= 0.6 is 0 Å². The Labute approximate surface area is 91.7 Å². The number of anilines is 1. The van der Waals surface area contributed by atoms with Gasteiger partial charge in [0.05, 0.1) is 0 Å². The first-order valence-corrected chi connectivity index (χ1v) is 5.55. The number of aromatic nitrogens is 1. The standard InChI is InChI=1S/C12H18N3/c1-2-7-14-8-10-15(11-9-14)12-3-5-13-6-4-12/h2-6H,7-11H2,1H3. The van der Waals surface area contributed by atoms with Crippen LogP contribution in [0.4, 0.5) is 5.69 Å². The summed E-state index contributed by atoms with van der Waals surface area (Å²) in [6.45, 7) is 7.80. The molecule has 3 heteroatoms. The Morgan fingerprint density at radius 2 is 1.87 bits per heavy atom. The molecular weight excluding hydrogens is 186 g/mol. The maximum absolute atomic E-state index is 4.04. The molecule has 1 radical (unpaired) electrons. The summed E-state index contributed by atoms with van der Waals surface area (Å²) < 4.78 is 0. The summed E-state index contributed by atoms with van der Waals surface area (Å²) in [7, 11) is 0. The van der Waals surface area contributed by atoms with Crippen LogP contribution in [0.5, 0.6) is 0 Å². The quantitative estimate of drug-likeness (QED) is 0.742. The van der Waals surface area contributed by atoms with Gasteiger partial charge >= 0.3 is 0 Å². The van der Waals surface area contributed by atoms with Crippen molar-refractivity contribution in [3.63, 3.8) is 0 Å². The van der Waals surface area contributed by atoms with E-state index in [1.807, 2.05) is 12.4 Å². The zero-order valence-electron chi connectivity index (χ0n) is 9.26. The van der Waals surface area contributed by atoms with Gasteiger partial charge in [-0.2, -0.15) is 0 Å². The maximum atomic E-state index is 4.04. The van der Waals surface area contributed by atoms with Crippen molar-refractivity contribution in [3.05, 3.63) is 30.9 Å². The predicted molar refractivity (Wildman–Crippen MR) is 62.9 cm³/mol. The van der Waals surface area contributed by atoms with Gasteiger partial charge in [-0.15, -0.1) is 0 Å². The molecule has 0 bridgehead atoms. The van der Waals surface area contributed by atoms with Crippen molar-refractivity contribution in [3.8, 4) is 0 Å². The van der Waals surface area contributed by atoms with Crippen LogP contribution in [-0.2, 0) is 0 Å². The molecule has 2 heterocycles. The Kier molecular flexibility index (Phi) is 3.56. The lowest BCUT2D eigenvalue weighted by Crippen LogP contribution is -2.46. The normalized spacial score (nSPS) is 18.1. The first kappa shape index (κ1) is 10.4. The number of hydrogen-bond donors (Lipinski definition) is 0. The largest absolute Gasteiger partial charge is 0.369 e. The van der Waals surface area contributed by atoms with Crippen LogP contribution < -0.4 is 4.90 Å². The minimum absolute atomic E-state index is 1.12. The lowest BCUT2D eigenvalue weighted by Gasteiger charge is -2.35. The second-order valence-electron chi connectivity index (χ2n) is 3.90. The van der Waals surface area contributed by atoms with Gasteiger partial charge in [-0.3, -0.25) is 9.88 Å². The third-order valence-electron chi connectivity index (χ3n) is 2.84. The number of pyridine rings is 1. The second-order valence-corrected chi connectivity index (χ2v) is 3.90. The van der Waals surface area contributed by atoms with E-state index in [4.69, 9.17) is 0 Å². The third-order valence-corrected chi connectivity index (χ3v) is 2.84. The van der Waals surface area contributed by atoms with Gasteiger partial charge in [0.25, 0.3) is 0 Å². The van der Waals surface area contributed by atoms with E-state index < -0.39 is 0 Å². The van der Waals surface area contributed by atoms with Crippen molar-refractivity contribution in [2.24, 2.45) is 0 Å². The summed E-state index contributed by atoms with van der Waals surface area (Å²) in [4.78, 5) is 8.95. The zero-order chi connectivity index (χ0) is 10.5. The number of rotatable bonds is 3. The molecular formula is C12H18N3. The summed E-state index contributed by atoms with van der Waals surface area (Å²) in [6, 6.07) is 4.17. The Hall–Kier alpha value is -1.09. The van der Waals surface area contributed by atoms with E-state index in [1.54, 1.807) is 0 Å². The van der Waals surface area contributed by atoms with E-state index in [2.05, 4.69) is 40.3 Å². The maximum Gasteiger partial charge on any atom is 0.0397 e. The molecule has 0 saturated carbocycles. The molecule has 1 saturated heterocycles. The predicted octanol–water partition coefficient (Wildman–Crippen LogP) is 1.43. The van der Waals surface area contributed by atoms with Crippen molar-refractivity contribution in [2.45, 2.75) is 6.92 Å². The molecule has 0 unspecified atom stereocenters. The van der Waals surface area contributed by atoms with Crippen LogP contribution in [0.25, 0.3) is 0 Å². The van der Waals surface area contributed by atoms with Crippen LogP contribution in [0.1, 0.15) is 6.92 Å². The van der Waals surface area contributed by atoms with E-state index in [0.717, 1.165) is 32.7 Å². The molecule has 0 N–H and O–H groups in total. The van der Waals surface area contributed by atoms with Gasteiger partial charge in [-0.05, 0) is 18.6 Å². The molecule has 81 valence electrons. The summed E-state index contributed by atoms with van der Waals surface area (Å²) in [5.74, 6) is 0. The highest BCUT2D eigenvalue weighted by Crippen LogP contribution is 2.14. The van der Waals surface area contributed by atoms with Gasteiger partial charge in [0.1, 0.15) is 0 Å². The summed E-state index contributed by atoms with van der Waals surface area (Å²) >= 11 is 0. The minimum Gasteiger partial charge on any atom is -0.369 e. The average molecular weight is 204 g/mol. The molecule has 2 rings (SSSR count). The van der Waals surface area contributed by atoms with Crippen LogP contribution in [-0.4, -0.2) is 42.6 Å². The third kappa shape index (κ3) is 2.69. The number of nitrogens with zero attached hydrogens (tertiary/aromatic N) is 3. The summed E-state index contributed by atoms with van der Waals surface area (Å²) in [6.07, 6.45) is 5.95. The van der Waals surface area contributed by atoms with Crippen LogP contribution in [0.2, 0.25) is 0 Å². The van der Waals surface area contributed by atoms with Crippen LogP contribution in [0.15, 0.2) is 24.5 Å². The molecule has 0 amide bonds. The fourth-order valence-corrected chi connectivity index (χ4v) is 2.00. The van der Waals surface area contributed by atoms with Crippen molar-refractivity contribution in [1.29, 1.82) is 0 Å². The van der Waals surface area contributed by atoms with E-state index in [0.29, 0.717) is 0 Å². The van der Waals surface area contributed by atoms with Gasteiger partial charge in [-0.25, -0.2) is 0 Å². The number of hydrogen-bond acceptors (Lipinski definition) is 3. The van der Waals surface area contributed by atoms with Crippen molar-refractivity contribution >= 4 is 5.69 Å². The second kappa shape index (κ2) is 5.12. The highest BCUT2D eigenvalue weighted by atomic mass is 15.3. The van der Waals surface area contributed by atoms with Gasteiger partial charge in [0.15, 0.2) is 0 Å². The molecule has 0 spiro atoms. The molecule has 1 aromatic heterocycles. The highest BCUT2D eigenvalue weighted by Gasteiger charge is 2.15. The lowest BCUT2D eigenvalue weighted by molar-refractivity contribution is 0.277. The molecule has 1 aliphatic rings. The summed E-state index contributed by atoms with van der Waals surface area (Å²) in [5, 5.41) is 0. The molecule has 0 aliphatic carbocycles. The summed E-state index contributed by atoms with van der Waals surface area (Å²) in [5.41, 5.74) is 1.30. The van der Waals surface area contributed by atoms with Gasteiger partial charge in [0.2, 0.25) is 0 Å². The van der Waals surface area contributed by atoms with Gasteiger partial charge in [0, 0.05) is 50.8 Å². The van der Waals surface area contributed by atoms with Crippen molar-refractivity contribution in [2.75, 3.05) is 37.6 Å². The van der Waals surface area contributed by atoms with Gasteiger partial charge in [-0.1, -0.05) is 6.92 Å². The SMILES string of the molecule is C[CH]CN1CCN(c2ccncc2)CC1. The molecule has 1 aromatic rings. The molecule has 1 aliphatic heterocycles. The van der Waals surface area contributed by atoms with E-state index in [-0.39, 0.29) is 0 Å². The molecule has 0 atom stereocenters. The molecule has 1 fully saturated rings. The average Bonchev–Trinajstić information content (AvgIpc) is 2.32. The minimum atomic E-state index is 1.12. The Balaban J connectivity index is 1.88. The monoisotopic (exact) mass is 204 g/mol. The van der Waals surface area contributed by atoms with Crippen molar-refractivity contribution < 1.29 is 0 Å². The molecule has 0 aromatic carbocycles. The Morgan fingerprint density at radius 3 is 2.47 bits per heavy atom. The zero-order valence-corrected chi connectivity index (χ0v) is 9.26. The lowest BCUT2D eigenvalue weighted by atomic mass is 10.2. The fourth-order valence-electron chi connectivity index (χ4n) is 2.00. The van der Waals surface area contributed by atoms with E-state index in [9.17, 15) is 0 Å². The topological polar surface area (TPSA) is 19.4 Å². The van der Waals surface area contributed by atoms with Crippen LogP contribution in [0, 0.1) is 6.42 Å². The first-order valence-electron chi connectivity index (χ1n) is 5.55. The molecule has 3 nitrogen and oxygen atoms in total. The first-order chi connectivity index (χ1) is 7.40. The van der Waals surface area contributed by atoms with Crippen molar-refractivity contribution in [1.82, 2.24) is 9.88 Å². The fraction of sp³-hybridized carbons (Fsp3) is 0.500. The Morgan fingerprint density at radius 1 is 1.20 bits per heavy atom. The van der Waals surface area contributed by atoms with Gasteiger partial charge < -0.3 is 4.90 Å². The highest BCUT2D eigenvalue weighted by molar-refractivity contribution is 5.44. The smallest absolute Gasteiger partial charge is 0.0397 e.